The molecule has 4 nitrogen and oxygen atoms in total. The molecule has 1 saturated carbocycles. The second-order valence-corrected chi connectivity index (χ2v) is 5.11. The van der Waals surface area contributed by atoms with Gasteiger partial charge in [-0.1, -0.05) is 24.6 Å². The molecule has 1 fully saturated rings. The van der Waals surface area contributed by atoms with E-state index in [1.807, 2.05) is 0 Å². The van der Waals surface area contributed by atoms with Crippen molar-refractivity contribution in [3.8, 4) is 0 Å². The van der Waals surface area contributed by atoms with E-state index in [0.29, 0.717) is 31.4 Å². The highest BCUT2D eigenvalue weighted by atomic mass is 19.1. The van der Waals surface area contributed by atoms with Crippen LogP contribution in [0.5, 0.6) is 0 Å². The fourth-order valence-corrected chi connectivity index (χ4v) is 2.72. The number of benzene rings is 1. The Bertz CT molecular complexity index is 504. The molecule has 1 amide bonds. The van der Waals surface area contributed by atoms with Crippen molar-refractivity contribution in [3.05, 3.63) is 35.6 Å². The van der Waals surface area contributed by atoms with Crippen LogP contribution in [0.3, 0.4) is 0 Å². The van der Waals surface area contributed by atoms with Crippen molar-refractivity contribution in [3.63, 3.8) is 0 Å². The van der Waals surface area contributed by atoms with Crippen molar-refractivity contribution in [1.29, 1.82) is 0 Å². The van der Waals surface area contributed by atoms with Crippen molar-refractivity contribution < 1.29 is 19.1 Å². The van der Waals surface area contributed by atoms with E-state index in [1.54, 1.807) is 18.2 Å². The van der Waals surface area contributed by atoms with Gasteiger partial charge in [-0.05, 0) is 30.9 Å². The van der Waals surface area contributed by atoms with Gasteiger partial charge in [0.05, 0.1) is 11.8 Å². The predicted octanol–water partition coefficient (Wildman–Crippen LogP) is 1.99. The molecule has 20 heavy (non-hydrogen) atoms. The quantitative estimate of drug-likeness (QED) is 0.866. The highest BCUT2D eigenvalue weighted by molar-refractivity contribution is 5.85. The Morgan fingerprint density at radius 3 is 2.65 bits per heavy atom. The van der Waals surface area contributed by atoms with Gasteiger partial charge in [-0.2, -0.15) is 0 Å². The minimum absolute atomic E-state index is 0.230. The van der Waals surface area contributed by atoms with Crippen LogP contribution in [0.2, 0.25) is 0 Å². The molecule has 2 rings (SSSR count). The molecule has 0 saturated heterocycles. The Labute approximate surface area is 117 Å². The lowest BCUT2D eigenvalue weighted by molar-refractivity contribution is -0.146. The van der Waals surface area contributed by atoms with E-state index < -0.39 is 17.8 Å². The third kappa shape index (κ3) is 3.35. The SMILES string of the molecule is O=C(O)[C@H]1CCC[C@H]1C(=O)NCCc1ccccc1F. The van der Waals surface area contributed by atoms with Gasteiger partial charge in [-0.25, -0.2) is 4.39 Å². The van der Waals surface area contributed by atoms with Gasteiger partial charge >= 0.3 is 5.97 Å². The number of carboxylic acids is 1. The van der Waals surface area contributed by atoms with Crippen LogP contribution in [0, 0.1) is 17.7 Å². The molecule has 0 aliphatic heterocycles. The van der Waals surface area contributed by atoms with Gasteiger partial charge in [-0.15, -0.1) is 0 Å². The first-order chi connectivity index (χ1) is 9.59. The van der Waals surface area contributed by atoms with Crippen LogP contribution in [0.25, 0.3) is 0 Å². The zero-order valence-electron chi connectivity index (χ0n) is 11.1. The summed E-state index contributed by atoms with van der Waals surface area (Å²) in [6.07, 6.45) is 2.34. The van der Waals surface area contributed by atoms with Gasteiger partial charge in [0.2, 0.25) is 5.91 Å². The second-order valence-electron chi connectivity index (χ2n) is 5.11. The molecule has 108 valence electrons. The molecule has 2 N–H and O–H groups in total. The fourth-order valence-electron chi connectivity index (χ4n) is 2.72. The van der Waals surface area contributed by atoms with Gasteiger partial charge in [0, 0.05) is 6.54 Å². The van der Waals surface area contributed by atoms with E-state index in [9.17, 15) is 14.0 Å². The van der Waals surface area contributed by atoms with Crippen molar-refractivity contribution in [2.24, 2.45) is 11.8 Å². The highest BCUT2D eigenvalue weighted by Crippen LogP contribution is 2.31. The lowest BCUT2D eigenvalue weighted by atomic mass is 9.95. The van der Waals surface area contributed by atoms with E-state index in [2.05, 4.69) is 5.32 Å². The second kappa shape index (κ2) is 6.50. The number of carbonyl (C=O) groups is 2. The topological polar surface area (TPSA) is 66.4 Å². The first kappa shape index (κ1) is 14.5. The van der Waals surface area contributed by atoms with Crippen LogP contribution in [-0.2, 0) is 16.0 Å². The van der Waals surface area contributed by atoms with Crippen LogP contribution in [0.4, 0.5) is 4.39 Å². The molecule has 0 spiro atoms. The number of nitrogens with one attached hydrogen (secondary N) is 1. The molecule has 1 aliphatic carbocycles. The molecule has 1 aromatic rings. The molecule has 0 radical (unpaired) electrons. The number of hydrogen-bond acceptors (Lipinski definition) is 2. The summed E-state index contributed by atoms with van der Waals surface area (Å²) in [5, 5.41) is 11.8. The number of halogens is 1. The first-order valence-corrected chi connectivity index (χ1v) is 6.83. The Balaban J connectivity index is 1.84. The number of rotatable bonds is 5. The van der Waals surface area contributed by atoms with Gasteiger partial charge in [-0.3, -0.25) is 9.59 Å². The zero-order chi connectivity index (χ0) is 14.5. The summed E-state index contributed by atoms with van der Waals surface area (Å²) in [6, 6.07) is 6.43. The third-order valence-electron chi connectivity index (χ3n) is 3.82. The summed E-state index contributed by atoms with van der Waals surface area (Å²) >= 11 is 0. The monoisotopic (exact) mass is 279 g/mol. The number of carboxylic acid groups (broad SMARTS) is 1. The van der Waals surface area contributed by atoms with Crippen molar-refractivity contribution >= 4 is 11.9 Å². The highest BCUT2D eigenvalue weighted by Gasteiger charge is 2.37. The summed E-state index contributed by atoms with van der Waals surface area (Å²) in [7, 11) is 0. The zero-order valence-corrected chi connectivity index (χ0v) is 11.1. The maximum absolute atomic E-state index is 13.4. The van der Waals surface area contributed by atoms with E-state index >= 15 is 0 Å². The van der Waals surface area contributed by atoms with Gasteiger partial charge in [0.15, 0.2) is 0 Å². The molecule has 5 heteroatoms. The Hall–Kier alpha value is -1.91. The van der Waals surface area contributed by atoms with Gasteiger partial charge in [0.1, 0.15) is 5.82 Å². The van der Waals surface area contributed by atoms with Crippen LogP contribution in [-0.4, -0.2) is 23.5 Å². The normalized spacial score (nSPS) is 21.6. The molecule has 0 heterocycles. The maximum Gasteiger partial charge on any atom is 0.307 e. The van der Waals surface area contributed by atoms with E-state index in [4.69, 9.17) is 5.11 Å². The first-order valence-electron chi connectivity index (χ1n) is 6.83. The van der Waals surface area contributed by atoms with E-state index in [-0.39, 0.29) is 11.7 Å². The Kier molecular flexibility index (Phi) is 4.71. The summed E-state index contributed by atoms with van der Waals surface area (Å²) in [5.74, 6) is -2.45. The molecule has 0 unspecified atom stereocenters. The number of aliphatic carboxylic acids is 1. The number of amides is 1. The minimum atomic E-state index is -0.906. The smallest absolute Gasteiger partial charge is 0.307 e. The lowest BCUT2D eigenvalue weighted by Crippen LogP contribution is -2.36. The third-order valence-corrected chi connectivity index (χ3v) is 3.82. The van der Waals surface area contributed by atoms with Crippen molar-refractivity contribution in [2.45, 2.75) is 25.7 Å². The van der Waals surface area contributed by atoms with Crippen LogP contribution >= 0.6 is 0 Å². The van der Waals surface area contributed by atoms with Gasteiger partial charge in [0.25, 0.3) is 0 Å². The molecular weight excluding hydrogens is 261 g/mol. The van der Waals surface area contributed by atoms with E-state index in [1.165, 1.54) is 6.07 Å². The molecule has 1 aromatic carbocycles. The molecule has 0 bridgehead atoms. The van der Waals surface area contributed by atoms with Crippen LogP contribution in [0.1, 0.15) is 24.8 Å². The summed E-state index contributed by atoms with van der Waals surface area (Å²) < 4.78 is 13.4. The average Bonchev–Trinajstić information content (AvgIpc) is 2.90. The Morgan fingerprint density at radius 1 is 1.25 bits per heavy atom. The van der Waals surface area contributed by atoms with Crippen LogP contribution in [0.15, 0.2) is 24.3 Å². The molecule has 1 aliphatic rings. The molecule has 2 atom stereocenters. The molecule has 0 aromatic heterocycles. The van der Waals surface area contributed by atoms with Crippen molar-refractivity contribution in [1.82, 2.24) is 5.32 Å². The number of carbonyl (C=O) groups excluding carboxylic acids is 1. The largest absolute Gasteiger partial charge is 0.481 e. The minimum Gasteiger partial charge on any atom is -0.481 e. The van der Waals surface area contributed by atoms with Crippen LogP contribution < -0.4 is 5.32 Å². The summed E-state index contributed by atoms with van der Waals surface area (Å²) in [5.41, 5.74) is 0.550. The standard InChI is InChI=1S/C15H18FNO3/c16-13-7-2-1-4-10(13)8-9-17-14(18)11-5-3-6-12(11)15(19)20/h1-2,4,7,11-12H,3,5-6,8-9H2,(H,17,18)(H,19,20)/t11-,12+/m1/s1. The number of hydrogen-bond donors (Lipinski definition) is 2. The molecular formula is C15H18FNO3. The lowest BCUT2D eigenvalue weighted by Gasteiger charge is -2.15. The summed E-state index contributed by atoms with van der Waals surface area (Å²) in [6.45, 7) is 0.322. The van der Waals surface area contributed by atoms with E-state index in [0.717, 1.165) is 6.42 Å². The predicted molar refractivity (Wildman–Crippen MR) is 71.6 cm³/mol. The Morgan fingerprint density at radius 2 is 1.95 bits per heavy atom. The maximum atomic E-state index is 13.4. The van der Waals surface area contributed by atoms with Gasteiger partial charge < -0.3 is 10.4 Å². The fraction of sp³-hybridized carbons (Fsp3) is 0.467. The summed E-state index contributed by atoms with van der Waals surface area (Å²) in [4.78, 5) is 23.0. The average molecular weight is 279 g/mol. The van der Waals surface area contributed by atoms with Crippen molar-refractivity contribution in [2.75, 3.05) is 6.54 Å².